The first-order valence-corrected chi connectivity index (χ1v) is 6.88. The summed E-state index contributed by atoms with van der Waals surface area (Å²) in [5.41, 5.74) is 6.35. The third kappa shape index (κ3) is 2.35. The number of nitrogens with two attached hydrogens (primary N) is 1. The van der Waals surface area contributed by atoms with Crippen molar-refractivity contribution in [3.8, 4) is 0 Å². The van der Waals surface area contributed by atoms with Gasteiger partial charge in [0.15, 0.2) is 9.84 Å². The van der Waals surface area contributed by atoms with Gasteiger partial charge < -0.3 is 15.6 Å². The van der Waals surface area contributed by atoms with Gasteiger partial charge in [0.05, 0.1) is 30.8 Å². The topological polar surface area (TPSA) is 89.6 Å². The molecule has 1 heterocycles. The Labute approximate surface area is 100 Å². The fourth-order valence-corrected chi connectivity index (χ4v) is 3.05. The van der Waals surface area contributed by atoms with Crippen LogP contribution in [0.2, 0.25) is 0 Å². The molecule has 0 aliphatic carbocycles. The minimum absolute atomic E-state index is 0.164. The molecule has 6 heteroatoms. The van der Waals surface area contributed by atoms with Crippen LogP contribution < -0.4 is 5.73 Å². The van der Waals surface area contributed by atoms with Gasteiger partial charge >= 0.3 is 0 Å². The van der Waals surface area contributed by atoms with Crippen molar-refractivity contribution >= 4 is 9.84 Å². The standard InChI is InChI=1S/C11H15NO4S/c12-11(5-13)8-1-3-9(4-2-8)17(14,15)10-6-16-7-10/h1-4,10-11,13H,5-7,12H2. The molecule has 1 atom stereocenters. The van der Waals surface area contributed by atoms with Gasteiger partial charge in [0.2, 0.25) is 0 Å². The lowest BCUT2D eigenvalue weighted by atomic mass is 10.1. The molecule has 1 saturated heterocycles. The molecule has 0 radical (unpaired) electrons. The van der Waals surface area contributed by atoms with Crippen molar-refractivity contribution in [2.45, 2.75) is 16.2 Å². The molecular weight excluding hydrogens is 242 g/mol. The summed E-state index contributed by atoms with van der Waals surface area (Å²) in [4.78, 5) is 0.277. The number of rotatable bonds is 4. The molecule has 0 aromatic heterocycles. The Balaban J connectivity index is 2.23. The molecule has 1 aromatic carbocycles. The molecule has 1 unspecified atom stereocenters. The van der Waals surface area contributed by atoms with Gasteiger partial charge in [-0.05, 0) is 17.7 Å². The van der Waals surface area contributed by atoms with E-state index in [0.717, 1.165) is 5.56 Å². The first-order chi connectivity index (χ1) is 8.05. The summed E-state index contributed by atoms with van der Waals surface area (Å²) in [5, 5.41) is 8.46. The van der Waals surface area contributed by atoms with Gasteiger partial charge in [0, 0.05) is 0 Å². The van der Waals surface area contributed by atoms with E-state index in [9.17, 15) is 8.42 Å². The monoisotopic (exact) mass is 257 g/mol. The Morgan fingerprint density at radius 2 is 1.94 bits per heavy atom. The van der Waals surface area contributed by atoms with E-state index < -0.39 is 21.1 Å². The second-order valence-electron chi connectivity index (χ2n) is 4.06. The Morgan fingerprint density at radius 3 is 2.35 bits per heavy atom. The maximum absolute atomic E-state index is 12.0. The molecule has 0 bridgehead atoms. The zero-order valence-corrected chi connectivity index (χ0v) is 10.1. The average molecular weight is 257 g/mol. The van der Waals surface area contributed by atoms with Crippen LogP contribution in [0.15, 0.2) is 29.2 Å². The van der Waals surface area contributed by atoms with Crippen molar-refractivity contribution in [1.29, 1.82) is 0 Å². The van der Waals surface area contributed by atoms with E-state index >= 15 is 0 Å². The van der Waals surface area contributed by atoms with Crippen LogP contribution in [0.3, 0.4) is 0 Å². The molecule has 1 aromatic rings. The van der Waals surface area contributed by atoms with Gasteiger partial charge in [0.1, 0.15) is 5.25 Å². The third-order valence-corrected chi connectivity index (χ3v) is 4.96. The highest BCUT2D eigenvalue weighted by Gasteiger charge is 2.33. The Hall–Kier alpha value is -0.950. The van der Waals surface area contributed by atoms with E-state index in [1.165, 1.54) is 12.1 Å². The summed E-state index contributed by atoms with van der Waals surface area (Å²) in [6, 6.07) is 5.84. The summed E-state index contributed by atoms with van der Waals surface area (Å²) in [6.45, 7) is 0.364. The first kappa shape index (κ1) is 12.5. The summed E-state index contributed by atoms with van der Waals surface area (Å²) in [6.07, 6.45) is 0. The van der Waals surface area contributed by atoms with Gasteiger partial charge in [0.25, 0.3) is 0 Å². The van der Waals surface area contributed by atoms with E-state index in [1.807, 2.05) is 0 Å². The smallest absolute Gasteiger partial charge is 0.185 e. The van der Waals surface area contributed by atoms with Crippen molar-refractivity contribution in [3.63, 3.8) is 0 Å². The van der Waals surface area contributed by atoms with E-state index in [0.29, 0.717) is 0 Å². The number of ether oxygens (including phenoxy) is 1. The summed E-state index contributed by atoms with van der Waals surface area (Å²) in [5.74, 6) is 0. The Kier molecular flexibility index (Phi) is 3.48. The van der Waals surface area contributed by atoms with Crippen LogP contribution in [-0.2, 0) is 14.6 Å². The SMILES string of the molecule is NC(CO)c1ccc(S(=O)(=O)C2COC2)cc1. The van der Waals surface area contributed by atoms with Crippen LogP contribution >= 0.6 is 0 Å². The lowest BCUT2D eigenvalue weighted by molar-refractivity contribution is 0.0416. The molecule has 0 saturated carbocycles. The fraction of sp³-hybridized carbons (Fsp3) is 0.455. The van der Waals surface area contributed by atoms with E-state index in [1.54, 1.807) is 12.1 Å². The maximum atomic E-state index is 12.0. The Morgan fingerprint density at radius 1 is 1.35 bits per heavy atom. The highest BCUT2D eigenvalue weighted by atomic mass is 32.2. The van der Waals surface area contributed by atoms with Crippen LogP contribution in [0.5, 0.6) is 0 Å². The van der Waals surface area contributed by atoms with Crippen molar-refractivity contribution in [2.75, 3.05) is 19.8 Å². The predicted molar refractivity (Wildman–Crippen MR) is 62.2 cm³/mol. The second-order valence-corrected chi connectivity index (χ2v) is 6.29. The third-order valence-electron chi connectivity index (χ3n) is 2.88. The highest BCUT2D eigenvalue weighted by Crippen LogP contribution is 2.22. The molecular formula is C11H15NO4S. The molecule has 17 heavy (non-hydrogen) atoms. The average Bonchev–Trinajstić information content (AvgIpc) is 2.25. The van der Waals surface area contributed by atoms with Crippen LogP contribution in [0.1, 0.15) is 11.6 Å². The molecule has 1 aliphatic rings. The molecule has 0 amide bonds. The number of aliphatic hydroxyl groups excluding tert-OH is 1. The molecule has 94 valence electrons. The lowest BCUT2D eigenvalue weighted by Gasteiger charge is -2.25. The number of aliphatic hydroxyl groups is 1. The Bertz CT molecular complexity index is 479. The first-order valence-electron chi connectivity index (χ1n) is 5.33. The van der Waals surface area contributed by atoms with Gasteiger partial charge in [-0.25, -0.2) is 8.42 Å². The summed E-state index contributed by atoms with van der Waals surface area (Å²) < 4.78 is 28.9. The number of hydrogen-bond acceptors (Lipinski definition) is 5. The van der Waals surface area contributed by atoms with Crippen molar-refractivity contribution in [2.24, 2.45) is 5.73 Å². The molecule has 2 rings (SSSR count). The van der Waals surface area contributed by atoms with Crippen molar-refractivity contribution in [1.82, 2.24) is 0 Å². The normalized spacial score (nSPS) is 18.7. The van der Waals surface area contributed by atoms with Crippen LogP contribution in [0, 0.1) is 0 Å². The van der Waals surface area contributed by atoms with Gasteiger partial charge in [-0.15, -0.1) is 0 Å². The lowest BCUT2D eigenvalue weighted by Crippen LogP contribution is -2.40. The van der Waals surface area contributed by atoms with Crippen LogP contribution in [-0.4, -0.2) is 38.6 Å². The van der Waals surface area contributed by atoms with Gasteiger partial charge in [-0.2, -0.15) is 0 Å². The van der Waals surface area contributed by atoms with Crippen LogP contribution in [0.4, 0.5) is 0 Å². The highest BCUT2D eigenvalue weighted by molar-refractivity contribution is 7.92. The molecule has 1 fully saturated rings. The second kappa shape index (κ2) is 4.73. The van der Waals surface area contributed by atoms with Gasteiger partial charge in [-0.3, -0.25) is 0 Å². The zero-order valence-electron chi connectivity index (χ0n) is 9.24. The van der Waals surface area contributed by atoms with E-state index in [-0.39, 0.29) is 24.7 Å². The number of hydrogen-bond donors (Lipinski definition) is 2. The minimum Gasteiger partial charge on any atom is -0.394 e. The largest absolute Gasteiger partial charge is 0.394 e. The number of benzene rings is 1. The fourth-order valence-electron chi connectivity index (χ4n) is 1.60. The maximum Gasteiger partial charge on any atom is 0.185 e. The molecule has 1 aliphatic heterocycles. The summed E-state index contributed by atoms with van der Waals surface area (Å²) in [7, 11) is -3.28. The van der Waals surface area contributed by atoms with Crippen molar-refractivity contribution in [3.05, 3.63) is 29.8 Å². The van der Waals surface area contributed by atoms with Crippen LogP contribution in [0.25, 0.3) is 0 Å². The predicted octanol–water partition coefficient (Wildman–Crippen LogP) is -0.149. The van der Waals surface area contributed by atoms with Crippen molar-refractivity contribution < 1.29 is 18.3 Å². The van der Waals surface area contributed by atoms with Gasteiger partial charge in [-0.1, -0.05) is 12.1 Å². The number of sulfone groups is 1. The van der Waals surface area contributed by atoms with E-state index in [2.05, 4.69) is 0 Å². The minimum atomic E-state index is -3.28. The molecule has 5 nitrogen and oxygen atoms in total. The van der Waals surface area contributed by atoms with E-state index in [4.69, 9.17) is 15.6 Å². The quantitative estimate of drug-likeness (QED) is 0.783. The molecule has 0 spiro atoms. The zero-order chi connectivity index (χ0) is 12.5. The summed E-state index contributed by atoms with van der Waals surface area (Å²) >= 11 is 0. The molecule has 3 N–H and O–H groups in total.